The molecule has 5 heteroatoms. The predicted molar refractivity (Wildman–Crippen MR) is 201 cm³/mol. The minimum Gasteiger partial charge on any atom is -0.309 e. The van der Waals surface area contributed by atoms with Gasteiger partial charge in [-0.15, -0.1) is 0 Å². The average molecular weight is 663 g/mol. The number of rotatable bonds is 28. The van der Waals surface area contributed by atoms with Crippen molar-refractivity contribution in [3.63, 3.8) is 0 Å². The van der Waals surface area contributed by atoms with E-state index in [1.54, 1.807) is 6.08 Å². The maximum atomic E-state index is 12.0. The highest BCUT2D eigenvalue weighted by Gasteiger charge is 2.29. The largest absolute Gasteiger partial charge is 0.309 e. The Bertz CT molecular complexity index is 1050. The van der Waals surface area contributed by atoms with Gasteiger partial charge in [0, 0.05) is 37.0 Å². The van der Waals surface area contributed by atoms with E-state index in [-0.39, 0.29) is 17.7 Å². The Morgan fingerprint density at radius 3 is 1.33 bits per heavy atom. The van der Waals surface area contributed by atoms with E-state index in [2.05, 4.69) is 20.4 Å². The molecule has 2 atom stereocenters. The predicted octanol–water partition coefficient (Wildman–Crippen LogP) is 11.5. The average Bonchev–Trinajstić information content (AvgIpc) is 3.58. The number of hydrogen-bond acceptors (Lipinski definition) is 3. The first-order valence-corrected chi connectivity index (χ1v) is 20.4. The van der Waals surface area contributed by atoms with E-state index in [1.807, 2.05) is 22.1 Å². The van der Waals surface area contributed by atoms with Gasteiger partial charge in [0.15, 0.2) is 0 Å². The Morgan fingerprint density at radius 1 is 0.500 bits per heavy atom. The van der Waals surface area contributed by atoms with Crippen molar-refractivity contribution in [2.75, 3.05) is 13.1 Å². The third-order valence-electron chi connectivity index (χ3n) is 11.2. The lowest BCUT2D eigenvalue weighted by Gasteiger charge is -2.36. The molecule has 2 heterocycles. The van der Waals surface area contributed by atoms with Gasteiger partial charge in [-0.3, -0.25) is 19.3 Å². The summed E-state index contributed by atoms with van der Waals surface area (Å²) in [5, 5.41) is 0. The number of nitrogens with zero attached hydrogens (tertiary/aromatic N) is 2. The van der Waals surface area contributed by atoms with E-state index >= 15 is 0 Å². The highest BCUT2D eigenvalue weighted by atomic mass is 16.2. The molecular formula is C43H70N2O3. The summed E-state index contributed by atoms with van der Waals surface area (Å²) in [4.78, 5) is 38.8. The molecule has 2 aliphatic heterocycles. The summed E-state index contributed by atoms with van der Waals surface area (Å²) in [6, 6.07) is 0. The Labute approximate surface area is 294 Å². The first-order valence-electron chi connectivity index (χ1n) is 20.4. The van der Waals surface area contributed by atoms with Crippen LogP contribution in [0.25, 0.3) is 0 Å². The van der Waals surface area contributed by atoms with Crippen LogP contribution in [-0.2, 0) is 14.4 Å². The number of allylic oxidation sites excluding steroid dienone is 3. The Kier molecular flexibility index (Phi) is 19.9. The Hall–Kier alpha value is -2.43. The molecule has 0 fully saturated rings. The molecule has 1 aliphatic carbocycles. The molecule has 3 rings (SSSR count). The second kappa shape index (κ2) is 23.8. The third kappa shape index (κ3) is 14.6. The van der Waals surface area contributed by atoms with Crippen molar-refractivity contribution in [3.05, 3.63) is 47.7 Å². The molecule has 270 valence electrons. The van der Waals surface area contributed by atoms with Crippen LogP contribution < -0.4 is 0 Å². The maximum Gasteiger partial charge on any atom is 0.253 e. The van der Waals surface area contributed by atoms with Crippen molar-refractivity contribution < 1.29 is 14.4 Å². The zero-order valence-corrected chi connectivity index (χ0v) is 31.1. The topological polar surface area (TPSA) is 57.7 Å². The van der Waals surface area contributed by atoms with Gasteiger partial charge in [-0.05, 0) is 82.1 Å². The van der Waals surface area contributed by atoms with Crippen LogP contribution in [0.3, 0.4) is 0 Å². The molecule has 0 saturated heterocycles. The van der Waals surface area contributed by atoms with Crippen molar-refractivity contribution in [1.29, 1.82) is 0 Å². The molecular weight excluding hydrogens is 592 g/mol. The molecule has 0 bridgehead atoms. The zero-order chi connectivity index (χ0) is 34.4. The number of unbranched alkanes of at least 4 members (excludes halogenated alkanes) is 16. The molecule has 0 saturated carbocycles. The smallest absolute Gasteiger partial charge is 0.253 e. The third-order valence-corrected chi connectivity index (χ3v) is 11.2. The van der Waals surface area contributed by atoms with E-state index < -0.39 is 0 Å². The fraction of sp³-hybridized carbons (Fsp3) is 0.744. The van der Waals surface area contributed by atoms with Gasteiger partial charge < -0.3 is 4.90 Å². The lowest BCUT2D eigenvalue weighted by molar-refractivity contribution is -0.136. The van der Waals surface area contributed by atoms with Crippen molar-refractivity contribution in [1.82, 2.24) is 9.80 Å². The first-order chi connectivity index (χ1) is 23.4. The summed E-state index contributed by atoms with van der Waals surface area (Å²) in [6.07, 6.45) is 39.9. The molecule has 0 spiro atoms. The van der Waals surface area contributed by atoms with E-state index in [9.17, 15) is 14.4 Å². The standard InChI is InChI=1S/C43H70N2O3/c1-4-6-8-12-18-24-37-34-38(25-19-13-9-7-5-2)40(27-21-15-11-17-23-33-45-42(47)30-31-43(45)48)35-39(37)26-20-14-10-16-22-32-44-36(3)28-29-41(44)46/h28-31,38,40H,3-27,32-35H2,1-2H3. The van der Waals surface area contributed by atoms with E-state index in [1.165, 1.54) is 165 Å². The van der Waals surface area contributed by atoms with Crippen LogP contribution in [0.4, 0.5) is 0 Å². The van der Waals surface area contributed by atoms with Crippen LogP contribution in [0.1, 0.15) is 181 Å². The van der Waals surface area contributed by atoms with E-state index in [0.717, 1.165) is 43.3 Å². The molecule has 0 radical (unpaired) electrons. The fourth-order valence-electron chi connectivity index (χ4n) is 8.18. The SMILES string of the molecule is C=C1C=CC(=O)N1CCCCCCCC1=C(CCCCCCC)CC(CCCCCCC)C(CCCCCCCN2C(=O)C=CC2=O)C1. The van der Waals surface area contributed by atoms with Gasteiger partial charge in [0.25, 0.3) is 17.7 Å². The summed E-state index contributed by atoms with van der Waals surface area (Å²) in [5.74, 6) is 1.48. The van der Waals surface area contributed by atoms with Gasteiger partial charge in [-0.2, -0.15) is 0 Å². The number of hydrogen-bond donors (Lipinski definition) is 0. The van der Waals surface area contributed by atoms with Crippen LogP contribution in [0.5, 0.6) is 0 Å². The lowest BCUT2D eigenvalue weighted by atomic mass is 9.70. The van der Waals surface area contributed by atoms with Crippen LogP contribution in [0.15, 0.2) is 47.7 Å². The monoisotopic (exact) mass is 663 g/mol. The van der Waals surface area contributed by atoms with Gasteiger partial charge in [-0.1, -0.05) is 134 Å². The van der Waals surface area contributed by atoms with Crippen molar-refractivity contribution in [2.24, 2.45) is 11.8 Å². The fourth-order valence-corrected chi connectivity index (χ4v) is 8.18. The van der Waals surface area contributed by atoms with Crippen LogP contribution >= 0.6 is 0 Å². The summed E-state index contributed by atoms with van der Waals surface area (Å²) in [6.45, 7) is 9.97. The molecule has 0 aromatic heterocycles. The van der Waals surface area contributed by atoms with Gasteiger partial charge in [0.05, 0.1) is 0 Å². The van der Waals surface area contributed by atoms with E-state index in [0.29, 0.717) is 6.54 Å². The molecule has 48 heavy (non-hydrogen) atoms. The Balaban J connectivity index is 1.48. The summed E-state index contributed by atoms with van der Waals surface area (Å²) < 4.78 is 0. The summed E-state index contributed by atoms with van der Waals surface area (Å²) >= 11 is 0. The summed E-state index contributed by atoms with van der Waals surface area (Å²) in [7, 11) is 0. The van der Waals surface area contributed by atoms with Crippen LogP contribution in [-0.4, -0.2) is 40.6 Å². The van der Waals surface area contributed by atoms with Gasteiger partial charge in [0.1, 0.15) is 0 Å². The van der Waals surface area contributed by atoms with Crippen molar-refractivity contribution >= 4 is 17.7 Å². The lowest BCUT2D eigenvalue weighted by Crippen LogP contribution is -2.30. The van der Waals surface area contributed by atoms with Gasteiger partial charge >= 0.3 is 0 Å². The molecule has 2 unspecified atom stereocenters. The second-order valence-corrected chi connectivity index (χ2v) is 15.1. The normalized spacial score (nSPS) is 19.6. The molecule has 0 N–H and O–H groups in total. The number of imide groups is 1. The number of amides is 3. The Morgan fingerprint density at radius 2 is 0.875 bits per heavy atom. The summed E-state index contributed by atoms with van der Waals surface area (Å²) in [5.41, 5.74) is 4.52. The van der Waals surface area contributed by atoms with Crippen LogP contribution in [0.2, 0.25) is 0 Å². The van der Waals surface area contributed by atoms with Crippen LogP contribution in [0, 0.1) is 11.8 Å². The van der Waals surface area contributed by atoms with Crippen molar-refractivity contribution in [3.8, 4) is 0 Å². The molecule has 3 aliphatic rings. The zero-order valence-electron chi connectivity index (χ0n) is 31.1. The quantitative estimate of drug-likeness (QED) is 0.0476. The van der Waals surface area contributed by atoms with Crippen molar-refractivity contribution in [2.45, 2.75) is 181 Å². The first kappa shape index (κ1) is 40.0. The minimum absolute atomic E-state index is 0.0888. The molecule has 5 nitrogen and oxygen atoms in total. The van der Waals surface area contributed by atoms with Gasteiger partial charge in [-0.25, -0.2) is 0 Å². The highest BCUT2D eigenvalue weighted by Crippen LogP contribution is 2.43. The van der Waals surface area contributed by atoms with E-state index in [4.69, 9.17) is 0 Å². The maximum absolute atomic E-state index is 12.0. The minimum atomic E-state index is -0.151. The molecule has 3 amide bonds. The van der Waals surface area contributed by atoms with Gasteiger partial charge in [0.2, 0.25) is 0 Å². The number of carbonyl (C=O) groups is 3. The second-order valence-electron chi connectivity index (χ2n) is 15.1. The molecule has 0 aromatic carbocycles. The number of carbonyl (C=O) groups excluding carboxylic acids is 3. The highest BCUT2D eigenvalue weighted by molar-refractivity contribution is 6.12. The molecule has 0 aromatic rings.